The topological polar surface area (TPSA) is 69.0 Å². The van der Waals surface area contributed by atoms with E-state index in [9.17, 15) is 9.18 Å². The van der Waals surface area contributed by atoms with Crippen molar-refractivity contribution in [2.24, 2.45) is 5.92 Å². The number of carbonyl (C=O) groups is 1. The lowest BCUT2D eigenvalue weighted by atomic mass is 10.3. The van der Waals surface area contributed by atoms with Gasteiger partial charge in [-0.05, 0) is 54.8 Å². The van der Waals surface area contributed by atoms with Crippen LogP contribution in [0, 0.1) is 11.7 Å². The lowest BCUT2D eigenvalue weighted by molar-refractivity contribution is 0.0927. The second-order valence-corrected chi connectivity index (χ2v) is 7.70. The summed E-state index contributed by atoms with van der Waals surface area (Å²) in [6, 6.07) is 9.85. The molecule has 8 heteroatoms. The van der Waals surface area contributed by atoms with Crippen molar-refractivity contribution in [2.75, 3.05) is 19.8 Å². The van der Waals surface area contributed by atoms with E-state index in [-0.39, 0.29) is 17.5 Å². The van der Waals surface area contributed by atoms with Crippen molar-refractivity contribution in [2.45, 2.75) is 19.3 Å². The van der Waals surface area contributed by atoms with Gasteiger partial charge < -0.3 is 10.1 Å². The fourth-order valence-electron chi connectivity index (χ4n) is 2.75. The first kappa shape index (κ1) is 18.8. The smallest absolute Gasteiger partial charge is 0.290 e. The summed E-state index contributed by atoms with van der Waals surface area (Å²) >= 11 is 1.48. The number of aromatic nitrogens is 3. The van der Waals surface area contributed by atoms with E-state index in [1.165, 1.54) is 41.0 Å². The monoisotopic (exact) mass is 400 g/mol. The molecule has 28 heavy (non-hydrogen) atoms. The molecule has 0 aliphatic heterocycles. The van der Waals surface area contributed by atoms with Crippen LogP contribution in [-0.4, -0.2) is 40.4 Å². The zero-order chi connectivity index (χ0) is 19.3. The third-order valence-electron chi connectivity index (χ3n) is 4.41. The largest absolute Gasteiger partial charge is 0.381 e. The van der Waals surface area contributed by atoms with E-state index in [4.69, 9.17) is 4.74 Å². The van der Waals surface area contributed by atoms with Gasteiger partial charge in [-0.1, -0.05) is 12.1 Å². The van der Waals surface area contributed by atoms with Crippen molar-refractivity contribution in [1.82, 2.24) is 20.1 Å². The van der Waals surface area contributed by atoms with Crippen LogP contribution in [0.2, 0.25) is 0 Å². The van der Waals surface area contributed by atoms with Gasteiger partial charge in [0.05, 0.1) is 10.6 Å². The number of nitrogens with zero attached hydrogens (tertiary/aromatic N) is 3. The molecule has 4 rings (SSSR count). The number of hydrogen-bond donors (Lipinski definition) is 1. The number of thiophene rings is 1. The van der Waals surface area contributed by atoms with E-state index in [0.29, 0.717) is 24.7 Å². The highest BCUT2D eigenvalue weighted by Crippen LogP contribution is 2.28. The van der Waals surface area contributed by atoms with Crippen LogP contribution in [0.15, 0.2) is 41.8 Å². The molecule has 1 fully saturated rings. The predicted molar refractivity (Wildman–Crippen MR) is 105 cm³/mol. The molecule has 146 valence electrons. The minimum atomic E-state index is -0.373. The first-order valence-electron chi connectivity index (χ1n) is 9.33. The highest BCUT2D eigenvalue weighted by molar-refractivity contribution is 7.13. The number of benzene rings is 1. The summed E-state index contributed by atoms with van der Waals surface area (Å²) in [5.41, 5.74) is 0.517. The summed E-state index contributed by atoms with van der Waals surface area (Å²) in [6.45, 7) is 1.94. The van der Waals surface area contributed by atoms with Gasteiger partial charge in [0, 0.05) is 19.8 Å². The number of hydrogen-bond acceptors (Lipinski definition) is 5. The lowest BCUT2D eigenvalue weighted by Gasteiger charge is -2.04. The molecule has 1 aliphatic rings. The molecule has 0 spiro atoms. The van der Waals surface area contributed by atoms with Crippen LogP contribution in [-0.2, 0) is 4.74 Å². The van der Waals surface area contributed by atoms with Crippen LogP contribution >= 0.6 is 11.3 Å². The molecule has 0 saturated heterocycles. The molecule has 3 aromatic rings. The van der Waals surface area contributed by atoms with Gasteiger partial charge in [-0.2, -0.15) is 0 Å². The maximum absolute atomic E-state index is 13.7. The van der Waals surface area contributed by atoms with Gasteiger partial charge >= 0.3 is 0 Å². The average Bonchev–Trinajstić information content (AvgIpc) is 3.18. The maximum atomic E-state index is 13.7. The summed E-state index contributed by atoms with van der Waals surface area (Å²) in [5, 5.41) is 9.07. The van der Waals surface area contributed by atoms with Gasteiger partial charge in [0.15, 0.2) is 5.82 Å². The molecule has 0 bridgehead atoms. The van der Waals surface area contributed by atoms with Gasteiger partial charge in [0.2, 0.25) is 5.82 Å². The Labute approximate surface area is 166 Å². The summed E-state index contributed by atoms with van der Waals surface area (Å²) in [7, 11) is 0. The molecule has 0 unspecified atom stereocenters. The fourth-order valence-corrected chi connectivity index (χ4v) is 3.45. The van der Waals surface area contributed by atoms with Crippen LogP contribution in [0.3, 0.4) is 0 Å². The van der Waals surface area contributed by atoms with Crippen molar-refractivity contribution in [1.29, 1.82) is 0 Å². The number of carbonyl (C=O) groups excluding carboxylic acids is 1. The number of halogens is 1. The lowest BCUT2D eigenvalue weighted by Crippen LogP contribution is -2.26. The van der Waals surface area contributed by atoms with E-state index in [1.54, 1.807) is 12.1 Å². The zero-order valence-electron chi connectivity index (χ0n) is 15.3. The fraction of sp³-hybridized carbons (Fsp3) is 0.350. The van der Waals surface area contributed by atoms with Gasteiger partial charge in [-0.25, -0.2) is 14.1 Å². The molecule has 6 nitrogen and oxygen atoms in total. The molecule has 1 saturated carbocycles. The van der Waals surface area contributed by atoms with Crippen molar-refractivity contribution in [3.05, 3.63) is 53.4 Å². The maximum Gasteiger partial charge on any atom is 0.290 e. The zero-order valence-corrected chi connectivity index (χ0v) is 16.1. The Morgan fingerprint density at radius 2 is 2.21 bits per heavy atom. The van der Waals surface area contributed by atoms with Crippen molar-refractivity contribution in [3.8, 4) is 16.4 Å². The standard InChI is InChI=1S/C20H21FN4O2S/c21-15-4-1-5-16(12-15)25-19(17-6-2-11-28-17)23-18(24-25)20(26)22-9-3-10-27-13-14-7-8-14/h1-2,4-6,11-12,14H,3,7-10,13H2,(H,22,26). The van der Waals surface area contributed by atoms with E-state index in [2.05, 4.69) is 15.4 Å². The molecule has 0 radical (unpaired) electrons. The van der Waals surface area contributed by atoms with Crippen LogP contribution in [0.5, 0.6) is 0 Å². The normalized spacial score (nSPS) is 13.6. The summed E-state index contributed by atoms with van der Waals surface area (Å²) in [5.74, 6) is 0.587. The molecular weight excluding hydrogens is 379 g/mol. The number of amides is 1. The molecule has 1 aliphatic carbocycles. The summed E-state index contributed by atoms with van der Waals surface area (Å²) < 4.78 is 20.7. The second kappa shape index (κ2) is 8.62. The van der Waals surface area contributed by atoms with E-state index in [1.807, 2.05) is 17.5 Å². The Morgan fingerprint density at radius 3 is 2.96 bits per heavy atom. The molecule has 1 aromatic carbocycles. The van der Waals surface area contributed by atoms with Crippen molar-refractivity contribution < 1.29 is 13.9 Å². The third kappa shape index (κ3) is 4.63. The predicted octanol–water partition coefficient (Wildman–Crippen LogP) is 3.68. The Bertz CT molecular complexity index is 938. The molecule has 1 N–H and O–H groups in total. The summed E-state index contributed by atoms with van der Waals surface area (Å²) in [6.07, 6.45) is 3.27. The highest BCUT2D eigenvalue weighted by Gasteiger charge is 2.21. The van der Waals surface area contributed by atoms with Crippen molar-refractivity contribution in [3.63, 3.8) is 0 Å². The van der Waals surface area contributed by atoms with Gasteiger partial charge in [-0.15, -0.1) is 16.4 Å². The number of ether oxygens (including phenoxy) is 1. The second-order valence-electron chi connectivity index (χ2n) is 6.76. The Morgan fingerprint density at radius 1 is 1.32 bits per heavy atom. The van der Waals surface area contributed by atoms with Crippen LogP contribution in [0.1, 0.15) is 29.9 Å². The Kier molecular flexibility index (Phi) is 5.78. The van der Waals surface area contributed by atoms with E-state index >= 15 is 0 Å². The van der Waals surface area contributed by atoms with Crippen molar-refractivity contribution >= 4 is 17.2 Å². The van der Waals surface area contributed by atoms with E-state index < -0.39 is 0 Å². The first-order chi connectivity index (χ1) is 13.7. The highest BCUT2D eigenvalue weighted by atomic mass is 32.1. The average molecular weight is 400 g/mol. The minimum absolute atomic E-state index is 0.0616. The number of rotatable bonds is 9. The van der Waals surface area contributed by atoms with E-state index in [0.717, 1.165) is 23.8 Å². The Hall–Kier alpha value is -2.58. The van der Waals surface area contributed by atoms with Crippen LogP contribution in [0.25, 0.3) is 16.4 Å². The van der Waals surface area contributed by atoms with Gasteiger partial charge in [-0.3, -0.25) is 4.79 Å². The quantitative estimate of drug-likeness (QED) is 0.557. The SMILES string of the molecule is O=C(NCCCOCC1CC1)c1nc(-c2cccs2)n(-c2cccc(F)c2)n1. The molecule has 1 amide bonds. The molecule has 2 aromatic heterocycles. The minimum Gasteiger partial charge on any atom is -0.381 e. The molecule has 2 heterocycles. The van der Waals surface area contributed by atoms with Gasteiger partial charge in [0.1, 0.15) is 5.82 Å². The number of nitrogens with one attached hydrogen (secondary N) is 1. The third-order valence-corrected chi connectivity index (χ3v) is 5.27. The molecule has 0 atom stereocenters. The molecular formula is C20H21FN4O2S. The van der Waals surface area contributed by atoms with Crippen LogP contribution < -0.4 is 5.32 Å². The van der Waals surface area contributed by atoms with Crippen LogP contribution in [0.4, 0.5) is 4.39 Å². The first-order valence-corrected chi connectivity index (χ1v) is 10.2. The van der Waals surface area contributed by atoms with Gasteiger partial charge in [0.25, 0.3) is 5.91 Å². The summed E-state index contributed by atoms with van der Waals surface area (Å²) in [4.78, 5) is 17.7. The Balaban J connectivity index is 1.44.